The van der Waals surface area contributed by atoms with E-state index < -0.39 is 32.1 Å². The largest absolute Gasteiger partial charge is 0.472 e. The van der Waals surface area contributed by atoms with E-state index in [4.69, 9.17) is 24.3 Å². The first-order chi connectivity index (χ1) is 26.2. The van der Waals surface area contributed by atoms with Crippen LogP contribution in [0.5, 0.6) is 0 Å². The maximum atomic E-state index is 12.6. The van der Waals surface area contributed by atoms with E-state index in [0.717, 1.165) is 25.7 Å². The second-order valence-electron chi connectivity index (χ2n) is 14.3. The molecule has 0 amide bonds. The zero-order valence-electron chi connectivity index (χ0n) is 34.2. The fraction of sp³-hybridized carbons (Fsp3) is 0.791. The van der Waals surface area contributed by atoms with Crippen molar-refractivity contribution in [2.45, 2.75) is 186 Å². The molecule has 5 N–H and O–H groups in total. The van der Waals surface area contributed by atoms with Gasteiger partial charge in [-0.3, -0.25) is 13.8 Å². The molecule has 54 heavy (non-hydrogen) atoms. The predicted molar refractivity (Wildman–Crippen MR) is 222 cm³/mol. The molecule has 0 aromatic carbocycles. The van der Waals surface area contributed by atoms with Gasteiger partial charge in [-0.15, -0.1) is 0 Å². The molecule has 316 valence electrons. The first-order valence-corrected chi connectivity index (χ1v) is 22.9. The summed E-state index contributed by atoms with van der Waals surface area (Å²) in [4.78, 5) is 22.5. The van der Waals surface area contributed by atoms with Crippen LogP contribution < -0.4 is 5.73 Å². The Kier molecular flexibility index (Phi) is 38.4. The third-order valence-electron chi connectivity index (χ3n) is 8.94. The highest BCUT2D eigenvalue weighted by atomic mass is 31.2. The predicted octanol–water partition coefficient (Wildman–Crippen LogP) is 10.4. The highest BCUT2D eigenvalue weighted by molar-refractivity contribution is 7.47. The van der Waals surface area contributed by atoms with Gasteiger partial charge in [-0.05, 0) is 38.5 Å². The Bertz CT molecular complexity index is 1000. The van der Waals surface area contributed by atoms with Crippen molar-refractivity contribution in [3.05, 3.63) is 48.6 Å². The van der Waals surface area contributed by atoms with E-state index in [9.17, 15) is 24.5 Å². The summed E-state index contributed by atoms with van der Waals surface area (Å²) < 4.78 is 33.2. The lowest BCUT2D eigenvalue weighted by atomic mass is 10.0. The molecule has 0 rings (SSSR count). The van der Waals surface area contributed by atoms with Crippen LogP contribution in [0.15, 0.2) is 48.6 Å². The summed E-state index contributed by atoms with van der Waals surface area (Å²) in [7, 11) is -4.34. The lowest BCUT2D eigenvalue weighted by molar-refractivity contribution is -0.154. The fourth-order valence-electron chi connectivity index (χ4n) is 5.72. The van der Waals surface area contributed by atoms with Crippen LogP contribution in [0.4, 0.5) is 0 Å². The smallest absolute Gasteiger partial charge is 0.457 e. The number of carbonyl (C=O) groups excluding carboxylic acids is 1. The monoisotopic (exact) mass is 786 g/mol. The van der Waals surface area contributed by atoms with Gasteiger partial charge in [-0.1, -0.05) is 172 Å². The van der Waals surface area contributed by atoms with E-state index in [1.165, 1.54) is 103 Å². The SMILES string of the molecule is CCCCC/C=C/CC(O)/C=C/C=C/C=C/C(O)CCCC(=O)OC(COCCCCCCCCCCCCCCCCCC)COP(=O)(O)OCCN. The van der Waals surface area contributed by atoms with Crippen LogP contribution in [0.25, 0.3) is 0 Å². The van der Waals surface area contributed by atoms with Gasteiger partial charge in [-0.2, -0.15) is 0 Å². The van der Waals surface area contributed by atoms with E-state index in [-0.39, 0.29) is 32.8 Å². The Balaban J connectivity index is 4.31. The standard InChI is InChI=1S/C43H80NO9P/c1-3-5-7-9-11-12-13-14-15-16-17-18-19-20-24-28-36-50-38-42(39-52-54(48,49)51-37-35-44)53-43(47)34-29-33-41(46)32-27-23-22-26-31-40(45)30-25-21-10-8-6-4-2/h21-23,25-27,31-32,40-42,45-46H,3-20,24,28-30,33-39,44H2,1-2H3,(H,48,49)/b23-22+,25-21+,31-26+,32-27+. The van der Waals surface area contributed by atoms with Gasteiger partial charge in [0.05, 0.1) is 32.0 Å². The molecule has 0 saturated heterocycles. The Morgan fingerprint density at radius 3 is 1.76 bits per heavy atom. The number of ether oxygens (including phenoxy) is 2. The first-order valence-electron chi connectivity index (χ1n) is 21.4. The molecule has 0 spiro atoms. The van der Waals surface area contributed by atoms with Gasteiger partial charge < -0.3 is 30.3 Å². The minimum atomic E-state index is -4.34. The molecule has 0 bridgehead atoms. The van der Waals surface area contributed by atoms with Crippen molar-refractivity contribution in [3.63, 3.8) is 0 Å². The first kappa shape index (κ1) is 52.4. The van der Waals surface area contributed by atoms with E-state index in [2.05, 4.69) is 19.9 Å². The van der Waals surface area contributed by atoms with Crippen molar-refractivity contribution in [2.75, 3.05) is 33.0 Å². The van der Waals surface area contributed by atoms with Crippen molar-refractivity contribution in [3.8, 4) is 0 Å². The van der Waals surface area contributed by atoms with Crippen LogP contribution in [0, 0.1) is 0 Å². The lowest BCUT2D eigenvalue weighted by Crippen LogP contribution is -2.28. The molecule has 0 aromatic rings. The lowest BCUT2D eigenvalue weighted by Gasteiger charge is -2.20. The number of allylic oxidation sites excluding steroid dienone is 5. The third-order valence-corrected chi connectivity index (χ3v) is 9.92. The van der Waals surface area contributed by atoms with Gasteiger partial charge in [0, 0.05) is 19.6 Å². The number of nitrogens with two attached hydrogens (primary N) is 1. The second kappa shape index (κ2) is 39.6. The van der Waals surface area contributed by atoms with E-state index in [1.807, 2.05) is 6.08 Å². The summed E-state index contributed by atoms with van der Waals surface area (Å²) in [6, 6.07) is 0. The Morgan fingerprint density at radius 2 is 1.19 bits per heavy atom. The molecule has 0 saturated carbocycles. The number of phosphoric acid groups is 1. The number of hydrogen-bond donors (Lipinski definition) is 4. The number of aliphatic hydroxyl groups excluding tert-OH is 2. The van der Waals surface area contributed by atoms with E-state index in [1.54, 1.807) is 36.5 Å². The van der Waals surface area contributed by atoms with E-state index in [0.29, 0.717) is 25.9 Å². The summed E-state index contributed by atoms with van der Waals surface area (Å²) in [5, 5.41) is 20.3. The van der Waals surface area contributed by atoms with Crippen LogP contribution >= 0.6 is 7.82 Å². The maximum absolute atomic E-state index is 12.6. The minimum Gasteiger partial charge on any atom is -0.457 e. The van der Waals surface area contributed by atoms with Gasteiger partial charge in [0.1, 0.15) is 6.10 Å². The Labute approximate surface area is 329 Å². The summed E-state index contributed by atoms with van der Waals surface area (Å²) in [6.07, 6.45) is 39.0. The fourth-order valence-corrected chi connectivity index (χ4v) is 6.49. The average Bonchev–Trinajstić information content (AvgIpc) is 3.15. The van der Waals surface area contributed by atoms with Crippen LogP contribution in [0.2, 0.25) is 0 Å². The molecule has 4 atom stereocenters. The maximum Gasteiger partial charge on any atom is 0.472 e. The third kappa shape index (κ3) is 38.6. The highest BCUT2D eigenvalue weighted by Gasteiger charge is 2.25. The molecule has 0 aliphatic carbocycles. The number of phosphoric ester groups is 1. The van der Waals surface area contributed by atoms with Crippen molar-refractivity contribution in [2.24, 2.45) is 5.73 Å². The quantitative estimate of drug-likeness (QED) is 0.0155. The molecule has 4 unspecified atom stereocenters. The highest BCUT2D eigenvalue weighted by Crippen LogP contribution is 2.43. The molecule has 0 aliphatic heterocycles. The van der Waals surface area contributed by atoms with E-state index >= 15 is 0 Å². The zero-order chi connectivity index (χ0) is 39.8. The zero-order valence-corrected chi connectivity index (χ0v) is 35.1. The molecular weight excluding hydrogens is 705 g/mol. The number of carbonyl (C=O) groups is 1. The molecule has 11 heteroatoms. The second-order valence-corrected chi connectivity index (χ2v) is 15.7. The minimum absolute atomic E-state index is 0.0281. The van der Waals surface area contributed by atoms with Crippen molar-refractivity contribution < 1.29 is 43.0 Å². The number of hydrogen-bond acceptors (Lipinski definition) is 9. The average molecular weight is 786 g/mol. The van der Waals surface area contributed by atoms with Gasteiger partial charge in [0.2, 0.25) is 0 Å². The van der Waals surface area contributed by atoms with Gasteiger partial charge in [0.15, 0.2) is 0 Å². The van der Waals surface area contributed by atoms with Crippen molar-refractivity contribution >= 4 is 13.8 Å². The van der Waals surface area contributed by atoms with Crippen LogP contribution in [0.3, 0.4) is 0 Å². The molecule has 0 aliphatic rings. The number of unbranched alkanes of at least 4 members (excludes halogenated alkanes) is 18. The summed E-state index contributed by atoms with van der Waals surface area (Å²) >= 11 is 0. The topological polar surface area (TPSA) is 158 Å². The van der Waals surface area contributed by atoms with Crippen LogP contribution in [-0.2, 0) is 27.9 Å². The summed E-state index contributed by atoms with van der Waals surface area (Å²) in [5.74, 6) is -0.513. The Morgan fingerprint density at radius 1 is 0.648 bits per heavy atom. The number of esters is 1. The van der Waals surface area contributed by atoms with Gasteiger partial charge in [-0.25, -0.2) is 4.57 Å². The summed E-state index contributed by atoms with van der Waals surface area (Å²) in [5.41, 5.74) is 5.35. The molecule has 10 nitrogen and oxygen atoms in total. The van der Waals surface area contributed by atoms with Crippen molar-refractivity contribution in [1.82, 2.24) is 0 Å². The summed E-state index contributed by atoms with van der Waals surface area (Å²) in [6.45, 7) is 4.52. The van der Waals surface area contributed by atoms with Gasteiger partial charge in [0.25, 0.3) is 0 Å². The van der Waals surface area contributed by atoms with Crippen LogP contribution in [-0.4, -0.2) is 72.4 Å². The molecule has 0 fully saturated rings. The van der Waals surface area contributed by atoms with Gasteiger partial charge >= 0.3 is 13.8 Å². The number of aliphatic hydroxyl groups is 2. The van der Waals surface area contributed by atoms with Crippen molar-refractivity contribution in [1.29, 1.82) is 0 Å². The molecule has 0 aromatic heterocycles. The Hall–Kier alpha value is -1.62. The molecule has 0 heterocycles. The number of rotatable bonds is 40. The molecule has 0 radical (unpaired) electrons. The normalized spacial score (nSPS) is 15.1. The molecular formula is C43H80NO9P. The van der Waals surface area contributed by atoms with Crippen LogP contribution in [0.1, 0.15) is 168 Å².